The van der Waals surface area contributed by atoms with Gasteiger partial charge >= 0.3 is 5.97 Å². The van der Waals surface area contributed by atoms with Crippen LogP contribution < -0.4 is 0 Å². The van der Waals surface area contributed by atoms with Crippen LogP contribution in [0.3, 0.4) is 0 Å². The minimum absolute atomic E-state index is 0.0701. The Labute approximate surface area is 191 Å². The molecule has 0 bridgehead atoms. The summed E-state index contributed by atoms with van der Waals surface area (Å²) < 4.78 is 36.0. The molecule has 3 fully saturated rings. The molecule has 0 aromatic rings. The SMILES string of the molecule is CC(=O)O[C@@]1(C(=O)CCl)[C@H](C)C[C@H]2[C@@H]3C[C@H](F)C4=C(F)C(=O)C=C[C@]4(C)[C@H]3[C@@H](O)C[C@@]21C. The van der Waals surface area contributed by atoms with Crippen molar-refractivity contribution in [3.05, 3.63) is 23.6 Å². The molecule has 9 atom stereocenters. The molecule has 4 aliphatic carbocycles. The predicted octanol–water partition coefficient (Wildman–Crippen LogP) is 3.87. The number of rotatable bonds is 3. The summed E-state index contributed by atoms with van der Waals surface area (Å²) in [5.74, 6) is -4.91. The Kier molecular flexibility index (Phi) is 5.49. The van der Waals surface area contributed by atoms with Crippen molar-refractivity contribution >= 4 is 29.1 Å². The number of esters is 1. The summed E-state index contributed by atoms with van der Waals surface area (Å²) in [6.45, 7) is 6.54. The molecule has 0 aromatic heterocycles. The van der Waals surface area contributed by atoms with Crippen LogP contribution in [-0.2, 0) is 19.1 Å². The van der Waals surface area contributed by atoms with E-state index in [1.54, 1.807) is 6.92 Å². The third-order valence-corrected chi connectivity index (χ3v) is 9.18. The summed E-state index contributed by atoms with van der Waals surface area (Å²) >= 11 is 5.95. The number of ketones is 2. The van der Waals surface area contributed by atoms with Crippen molar-refractivity contribution in [2.45, 2.75) is 64.8 Å². The Balaban J connectivity index is 1.86. The molecule has 3 saturated carbocycles. The molecule has 0 aliphatic heterocycles. The van der Waals surface area contributed by atoms with Crippen molar-refractivity contribution in [2.24, 2.45) is 34.5 Å². The minimum atomic E-state index is -1.69. The van der Waals surface area contributed by atoms with Gasteiger partial charge in [-0.3, -0.25) is 14.4 Å². The van der Waals surface area contributed by atoms with Gasteiger partial charge in [-0.1, -0.05) is 26.8 Å². The maximum Gasteiger partial charge on any atom is 0.303 e. The molecular formula is C24H29ClF2O5. The Morgan fingerprint density at radius 2 is 1.97 bits per heavy atom. The van der Waals surface area contributed by atoms with E-state index in [0.717, 1.165) is 6.08 Å². The first-order chi connectivity index (χ1) is 14.8. The molecule has 0 unspecified atom stereocenters. The topological polar surface area (TPSA) is 80.7 Å². The number of aliphatic hydroxyl groups is 1. The van der Waals surface area contributed by atoms with Crippen LogP contribution in [0, 0.1) is 34.5 Å². The first kappa shape index (κ1) is 23.6. The zero-order chi connectivity index (χ0) is 23.8. The number of Topliss-reactive ketones (excluding diaryl/α,β-unsaturated/α-hetero) is 1. The lowest BCUT2D eigenvalue weighted by molar-refractivity contribution is -0.202. The van der Waals surface area contributed by atoms with Crippen LogP contribution in [0.2, 0.25) is 0 Å². The van der Waals surface area contributed by atoms with Crippen LogP contribution in [0.1, 0.15) is 47.0 Å². The van der Waals surface area contributed by atoms with Crippen LogP contribution in [0.15, 0.2) is 23.6 Å². The smallest absolute Gasteiger partial charge is 0.303 e. The van der Waals surface area contributed by atoms with Crippen LogP contribution in [-0.4, -0.2) is 46.4 Å². The maximum absolute atomic E-state index is 15.5. The van der Waals surface area contributed by atoms with E-state index in [0.29, 0.717) is 6.42 Å². The van der Waals surface area contributed by atoms with Crippen molar-refractivity contribution in [3.63, 3.8) is 0 Å². The van der Waals surface area contributed by atoms with Gasteiger partial charge in [0.15, 0.2) is 17.2 Å². The summed E-state index contributed by atoms with van der Waals surface area (Å²) in [6.07, 6.45) is 0.445. The first-order valence-corrected chi connectivity index (χ1v) is 11.6. The van der Waals surface area contributed by atoms with Crippen molar-refractivity contribution in [3.8, 4) is 0 Å². The quantitative estimate of drug-likeness (QED) is 0.500. The summed E-state index contributed by atoms with van der Waals surface area (Å²) in [7, 11) is 0. The minimum Gasteiger partial charge on any atom is -0.450 e. The van der Waals surface area contributed by atoms with Gasteiger partial charge in [0, 0.05) is 35.2 Å². The monoisotopic (exact) mass is 470 g/mol. The Bertz CT molecular complexity index is 947. The van der Waals surface area contributed by atoms with E-state index in [2.05, 4.69) is 0 Å². The Morgan fingerprint density at radius 3 is 2.56 bits per heavy atom. The molecule has 0 heterocycles. The van der Waals surface area contributed by atoms with E-state index in [1.165, 1.54) is 13.0 Å². The van der Waals surface area contributed by atoms with E-state index >= 15 is 4.39 Å². The molecule has 1 N–H and O–H groups in total. The van der Waals surface area contributed by atoms with E-state index in [-0.39, 0.29) is 36.1 Å². The summed E-state index contributed by atoms with van der Waals surface area (Å²) in [6, 6.07) is 0. The van der Waals surface area contributed by atoms with E-state index < -0.39 is 63.9 Å². The fourth-order valence-corrected chi connectivity index (χ4v) is 8.14. The summed E-state index contributed by atoms with van der Waals surface area (Å²) in [5.41, 5.74) is -3.84. The third kappa shape index (κ3) is 2.79. The standard InChI is InChI=1S/C24H29ClF2O5/c1-11-7-14-13-8-15(26)20-21(27)16(29)5-6-22(20,3)19(13)17(30)9-23(14,4)24(11,18(31)10-25)32-12(2)28/h5-6,11,13-15,17,19,30H,7-10H2,1-4H3/t11-,13+,14+,15+,17+,19-,22-,23+,24-/m1/s1. The first-order valence-electron chi connectivity index (χ1n) is 11.1. The predicted molar refractivity (Wildman–Crippen MR) is 113 cm³/mol. The van der Waals surface area contributed by atoms with Gasteiger partial charge < -0.3 is 9.84 Å². The van der Waals surface area contributed by atoms with Crippen molar-refractivity contribution in [1.29, 1.82) is 0 Å². The van der Waals surface area contributed by atoms with Crippen molar-refractivity contribution in [1.82, 2.24) is 0 Å². The van der Waals surface area contributed by atoms with Gasteiger partial charge in [0.25, 0.3) is 0 Å². The van der Waals surface area contributed by atoms with Gasteiger partial charge in [0.2, 0.25) is 5.78 Å². The van der Waals surface area contributed by atoms with Crippen LogP contribution in [0.5, 0.6) is 0 Å². The number of aliphatic hydroxyl groups excluding tert-OH is 1. The average molecular weight is 471 g/mol. The number of hydrogen-bond acceptors (Lipinski definition) is 5. The van der Waals surface area contributed by atoms with Crippen LogP contribution in [0.4, 0.5) is 8.78 Å². The Morgan fingerprint density at radius 1 is 1.31 bits per heavy atom. The van der Waals surface area contributed by atoms with Crippen LogP contribution in [0.25, 0.3) is 0 Å². The molecule has 0 spiro atoms. The highest BCUT2D eigenvalue weighted by Crippen LogP contribution is 2.69. The van der Waals surface area contributed by atoms with Gasteiger partial charge in [-0.2, -0.15) is 0 Å². The van der Waals surface area contributed by atoms with Crippen molar-refractivity contribution in [2.75, 3.05) is 5.88 Å². The molecule has 0 aromatic carbocycles. The van der Waals surface area contributed by atoms with Gasteiger partial charge in [0.1, 0.15) is 6.17 Å². The molecule has 32 heavy (non-hydrogen) atoms. The number of halogens is 3. The van der Waals surface area contributed by atoms with Crippen LogP contribution >= 0.6 is 11.6 Å². The fraction of sp³-hybridized carbons (Fsp3) is 0.708. The third-order valence-electron chi connectivity index (χ3n) is 8.93. The highest BCUT2D eigenvalue weighted by Gasteiger charge is 2.73. The second-order valence-corrected chi connectivity index (χ2v) is 10.7. The number of alkyl halides is 2. The second kappa shape index (κ2) is 7.45. The lowest BCUT2D eigenvalue weighted by Gasteiger charge is -2.60. The van der Waals surface area contributed by atoms with E-state index in [4.69, 9.17) is 16.3 Å². The number of hydrogen-bond donors (Lipinski definition) is 1. The molecule has 4 aliphatic rings. The Hall–Kier alpha value is -1.60. The van der Waals surface area contributed by atoms with Gasteiger partial charge in [0.05, 0.1) is 12.0 Å². The van der Waals surface area contributed by atoms with E-state index in [9.17, 15) is 23.9 Å². The lowest BCUT2D eigenvalue weighted by atomic mass is 9.45. The van der Waals surface area contributed by atoms with E-state index in [1.807, 2.05) is 13.8 Å². The number of allylic oxidation sites excluding steroid dienone is 4. The van der Waals surface area contributed by atoms with Gasteiger partial charge in [-0.15, -0.1) is 11.6 Å². The molecule has 4 rings (SSSR count). The molecule has 0 saturated heterocycles. The summed E-state index contributed by atoms with van der Waals surface area (Å²) in [5, 5.41) is 11.4. The molecule has 176 valence electrons. The highest BCUT2D eigenvalue weighted by atomic mass is 35.5. The fourth-order valence-electron chi connectivity index (χ4n) is 7.94. The molecule has 8 heteroatoms. The molecule has 0 amide bonds. The molecule has 0 radical (unpaired) electrons. The average Bonchev–Trinajstić information content (AvgIpc) is 2.91. The zero-order valence-corrected chi connectivity index (χ0v) is 19.4. The zero-order valence-electron chi connectivity index (χ0n) is 18.7. The normalized spacial score (nSPS) is 47.6. The number of fused-ring (bicyclic) bond motifs is 5. The maximum atomic E-state index is 15.5. The van der Waals surface area contributed by atoms with Crippen molar-refractivity contribution < 1.29 is 33.0 Å². The number of carbonyl (C=O) groups is 3. The number of carbonyl (C=O) groups excluding carboxylic acids is 3. The lowest BCUT2D eigenvalue weighted by Crippen LogP contribution is -2.64. The summed E-state index contributed by atoms with van der Waals surface area (Å²) in [4.78, 5) is 37.2. The van der Waals surface area contributed by atoms with Gasteiger partial charge in [-0.05, 0) is 37.2 Å². The largest absolute Gasteiger partial charge is 0.450 e. The molecule has 5 nitrogen and oxygen atoms in total. The highest BCUT2D eigenvalue weighted by molar-refractivity contribution is 6.29. The number of ether oxygens (including phenoxy) is 1. The van der Waals surface area contributed by atoms with Gasteiger partial charge in [-0.25, -0.2) is 8.78 Å². The molecular weight excluding hydrogens is 442 g/mol. The second-order valence-electron chi connectivity index (χ2n) is 10.4.